The van der Waals surface area contributed by atoms with Gasteiger partial charge in [0.15, 0.2) is 0 Å². The Morgan fingerprint density at radius 2 is 1.59 bits per heavy atom. The summed E-state index contributed by atoms with van der Waals surface area (Å²) < 4.78 is 27.2. The number of benzene rings is 3. The van der Waals surface area contributed by atoms with E-state index in [1.807, 2.05) is 0 Å². The summed E-state index contributed by atoms with van der Waals surface area (Å²) in [6.45, 7) is 4.23. The first kappa shape index (κ1) is 26.8. The third-order valence-corrected chi connectivity index (χ3v) is 7.23. The fraction of sp³-hybridized carbons (Fsp3) is 0.323. The van der Waals surface area contributed by atoms with Crippen LogP contribution in [0.3, 0.4) is 0 Å². The van der Waals surface area contributed by atoms with Crippen molar-refractivity contribution >= 4 is 16.9 Å². The van der Waals surface area contributed by atoms with Crippen molar-refractivity contribution in [3.63, 3.8) is 0 Å². The number of halogens is 2. The molecule has 0 spiro atoms. The van der Waals surface area contributed by atoms with Gasteiger partial charge in [-0.3, -0.25) is 9.69 Å². The molecule has 6 nitrogen and oxygen atoms in total. The van der Waals surface area contributed by atoms with Gasteiger partial charge in [0.05, 0.1) is 22.4 Å². The third kappa shape index (κ3) is 6.29. The molecule has 0 saturated carbocycles. The van der Waals surface area contributed by atoms with Gasteiger partial charge in [-0.2, -0.15) is 0 Å². The molecule has 0 aliphatic carbocycles. The van der Waals surface area contributed by atoms with E-state index in [-0.39, 0.29) is 23.5 Å². The molecule has 1 aliphatic heterocycles. The quantitative estimate of drug-likeness (QED) is 0.301. The van der Waals surface area contributed by atoms with E-state index in [2.05, 4.69) is 17.1 Å². The van der Waals surface area contributed by atoms with Crippen LogP contribution in [0.4, 0.5) is 8.78 Å². The van der Waals surface area contributed by atoms with Crippen molar-refractivity contribution in [2.24, 2.45) is 5.92 Å². The molecule has 0 bridgehead atoms. The van der Waals surface area contributed by atoms with E-state index in [1.165, 1.54) is 24.3 Å². The maximum absolute atomic E-state index is 13.6. The van der Waals surface area contributed by atoms with Crippen LogP contribution >= 0.6 is 0 Å². The summed E-state index contributed by atoms with van der Waals surface area (Å²) in [6.07, 6.45) is 3.25. The summed E-state index contributed by atoms with van der Waals surface area (Å²) in [5.41, 5.74) is 3.97. The van der Waals surface area contributed by atoms with Crippen LogP contribution in [0.1, 0.15) is 43.0 Å². The summed E-state index contributed by atoms with van der Waals surface area (Å²) >= 11 is 0. The van der Waals surface area contributed by atoms with E-state index in [9.17, 15) is 18.7 Å². The molecule has 202 valence electrons. The molecule has 39 heavy (non-hydrogen) atoms. The minimum atomic E-state index is -0.428. The van der Waals surface area contributed by atoms with Crippen molar-refractivity contribution in [3.8, 4) is 22.5 Å². The van der Waals surface area contributed by atoms with Gasteiger partial charge in [0.2, 0.25) is 0 Å². The number of piperidine rings is 1. The monoisotopic (exact) mass is 530 g/mol. The number of hydrogen-bond donors (Lipinski definition) is 2. The van der Waals surface area contributed by atoms with Gasteiger partial charge in [-0.25, -0.2) is 18.7 Å². The van der Waals surface area contributed by atoms with Crippen molar-refractivity contribution < 1.29 is 18.7 Å². The molecule has 2 heterocycles. The van der Waals surface area contributed by atoms with Crippen molar-refractivity contribution in [3.05, 3.63) is 83.9 Å². The highest BCUT2D eigenvalue weighted by atomic mass is 19.1. The molecule has 3 aromatic carbocycles. The van der Waals surface area contributed by atoms with Crippen molar-refractivity contribution in [1.29, 1.82) is 0 Å². The smallest absolute Gasteiger partial charge is 0.251 e. The normalized spacial score (nSPS) is 16.8. The van der Waals surface area contributed by atoms with Crippen LogP contribution in [-0.2, 0) is 0 Å². The van der Waals surface area contributed by atoms with Gasteiger partial charge in [0.1, 0.15) is 17.9 Å². The molecule has 5 rings (SSSR count). The molecule has 4 aromatic rings. The summed E-state index contributed by atoms with van der Waals surface area (Å²) in [6, 6.07) is 17.1. The lowest BCUT2D eigenvalue weighted by Gasteiger charge is -2.35. The second-order valence-corrected chi connectivity index (χ2v) is 10.1. The lowest BCUT2D eigenvalue weighted by molar-refractivity contribution is -0.0266. The van der Waals surface area contributed by atoms with Gasteiger partial charge < -0.3 is 10.4 Å². The molecule has 1 unspecified atom stereocenters. The molecule has 2 atom stereocenters. The Hall–Kier alpha value is -3.75. The topological polar surface area (TPSA) is 78.4 Å². The number of fused-ring (bicyclic) bond motifs is 1. The van der Waals surface area contributed by atoms with E-state index in [0.29, 0.717) is 45.7 Å². The molecule has 0 radical (unpaired) electrons. The Kier molecular flexibility index (Phi) is 8.24. The average molecular weight is 531 g/mol. The first-order valence-corrected chi connectivity index (χ1v) is 13.4. The molecule has 1 fully saturated rings. The highest BCUT2D eigenvalue weighted by molar-refractivity contribution is 5.98. The summed E-state index contributed by atoms with van der Waals surface area (Å²) in [4.78, 5) is 24.8. The molecule has 1 aliphatic rings. The number of aromatic nitrogens is 2. The lowest BCUT2D eigenvalue weighted by atomic mass is 9.97. The first-order valence-electron chi connectivity index (χ1n) is 13.4. The fourth-order valence-corrected chi connectivity index (χ4v) is 5.13. The summed E-state index contributed by atoms with van der Waals surface area (Å²) in [5, 5.41) is 13.4. The van der Waals surface area contributed by atoms with Crippen LogP contribution in [-0.4, -0.2) is 51.7 Å². The number of amides is 1. The predicted octanol–water partition coefficient (Wildman–Crippen LogP) is 5.80. The number of nitrogens with one attached hydrogen (secondary N) is 1. The van der Waals surface area contributed by atoms with Gasteiger partial charge in [-0.15, -0.1) is 0 Å². The summed E-state index contributed by atoms with van der Waals surface area (Å²) in [7, 11) is 0. The number of nitrogens with zero attached hydrogens (tertiary/aromatic N) is 3. The third-order valence-electron chi connectivity index (χ3n) is 7.23. The number of carbonyl (C=O) groups is 1. The highest BCUT2D eigenvalue weighted by Crippen LogP contribution is 2.31. The molecule has 1 aromatic heterocycles. The van der Waals surface area contributed by atoms with Crippen LogP contribution in [0.15, 0.2) is 66.7 Å². The lowest BCUT2D eigenvalue weighted by Crippen LogP contribution is -2.45. The van der Waals surface area contributed by atoms with Crippen molar-refractivity contribution in [2.45, 2.75) is 38.8 Å². The van der Waals surface area contributed by atoms with Gasteiger partial charge in [-0.05, 0) is 91.9 Å². The van der Waals surface area contributed by atoms with Gasteiger partial charge in [-0.1, -0.05) is 13.3 Å². The molecule has 8 heteroatoms. The van der Waals surface area contributed by atoms with E-state index >= 15 is 0 Å². The van der Waals surface area contributed by atoms with Crippen LogP contribution in [0, 0.1) is 17.6 Å². The Balaban J connectivity index is 1.39. The number of rotatable bonds is 8. The number of aliphatic hydroxyl groups excluding tert-OH is 1. The second-order valence-electron chi connectivity index (χ2n) is 10.1. The van der Waals surface area contributed by atoms with Crippen LogP contribution in [0.2, 0.25) is 0 Å². The zero-order valence-corrected chi connectivity index (χ0v) is 21.9. The largest absolute Gasteiger partial charge is 0.378 e. The van der Waals surface area contributed by atoms with Crippen LogP contribution in [0.5, 0.6) is 0 Å². The number of likely N-dealkylation sites (tertiary alicyclic amines) is 1. The van der Waals surface area contributed by atoms with Gasteiger partial charge in [0.25, 0.3) is 5.91 Å². The molecule has 2 N–H and O–H groups in total. The summed E-state index contributed by atoms with van der Waals surface area (Å²) in [5.74, 6) is -0.644. The maximum Gasteiger partial charge on any atom is 0.251 e. The zero-order chi connectivity index (χ0) is 27.4. The van der Waals surface area contributed by atoms with Crippen LogP contribution in [0.25, 0.3) is 33.5 Å². The van der Waals surface area contributed by atoms with Crippen molar-refractivity contribution in [2.75, 3.05) is 19.6 Å². The number of hydrogen-bond acceptors (Lipinski definition) is 5. The molecular weight excluding hydrogens is 498 g/mol. The second kappa shape index (κ2) is 12.0. The molecule has 1 amide bonds. The average Bonchev–Trinajstić information content (AvgIpc) is 2.96. The minimum Gasteiger partial charge on any atom is -0.378 e. The Morgan fingerprint density at radius 1 is 0.974 bits per heavy atom. The standard InChI is InChI=1S/C31H32F2N4O2/c1-2-4-28(38)37-16-3-5-20(19-37)18-34-31(39)23-10-15-26-27(17-23)36-30(22-8-13-25(33)14-9-22)29(35-26)21-6-11-24(32)12-7-21/h6-15,17,20,28,38H,2-5,16,18-19H2,1H3,(H,34,39)/t20-,28?/m1/s1. The van der Waals surface area contributed by atoms with E-state index in [1.54, 1.807) is 42.5 Å². The maximum atomic E-state index is 13.6. The Bertz CT molecular complexity index is 1440. The first-order chi connectivity index (χ1) is 18.9. The predicted molar refractivity (Wildman–Crippen MR) is 148 cm³/mol. The number of carbonyl (C=O) groups excluding carboxylic acids is 1. The van der Waals surface area contributed by atoms with Gasteiger partial charge in [0, 0.05) is 36.3 Å². The zero-order valence-electron chi connectivity index (χ0n) is 21.9. The Morgan fingerprint density at radius 3 is 2.21 bits per heavy atom. The van der Waals surface area contributed by atoms with E-state index < -0.39 is 6.23 Å². The SMILES string of the molecule is CCCC(O)N1CCC[C@H](CNC(=O)c2ccc3nc(-c4ccc(F)cc4)c(-c4ccc(F)cc4)nc3c2)C1. The van der Waals surface area contributed by atoms with Gasteiger partial charge >= 0.3 is 0 Å². The highest BCUT2D eigenvalue weighted by Gasteiger charge is 2.24. The molecule has 1 saturated heterocycles. The van der Waals surface area contributed by atoms with E-state index in [4.69, 9.17) is 9.97 Å². The number of aliphatic hydroxyl groups is 1. The van der Waals surface area contributed by atoms with Crippen molar-refractivity contribution in [1.82, 2.24) is 20.2 Å². The fourth-order valence-electron chi connectivity index (χ4n) is 5.13. The molecular formula is C31H32F2N4O2. The Labute approximate surface area is 226 Å². The van der Waals surface area contributed by atoms with E-state index in [0.717, 1.165) is 38.8 Å². The minimum absolute atomic E-state index is 0.198. The van der Waals surface area contributed by atoms with Crippen LogP contribution < -0.4 is 5.32 Å².